The molecule has 3 heteroatoms. The average Bonchev–Trinajstić information content (AvgIpc) is 2.46. The highest BCUT2D eigenvalue weighted by Gasteiger charge is 2.33. The Labute approximate surface area is 108 Å². The summed E-state index contributed by atoms with van der Waals surface area (Å²) < 4.78 is 5.18. The Hall–Kier alpha value is -1.60. The number of isocyanates is 1. The van der Waals surface area contributed by atoms with E-state index < -0.39 is 0 Å². The molecule has 0 heterocycles. The summed E-state index contributed by atoms with van der Waals surface area (Å²) in [6, 6.07) is 8.17. The van der Waals surface area contributed by atoms with Crippen LogP contribution in [0.15, 0.2) is 29.3 Å². The molecule has 1 saturated carbocycles. The molecule has 2 rings (SSSR count). The van der Waals surface area contributed by atoms with Crippen molar-refractivity contribution in [2.24, 2.45) is 4.99 Å². The van der Waals surface area contributed by atoms with Gasteiger partial charge < -0.3 is 4.74 Å². The first-order chi connectivity index (χ1) is 8.80. The largest absolute Gasteiger partial charge is 0.497 e. The standard InChI is InChI=1S/C15H19NO2/c1-18-14-7-5-13(6-8-14)15(11-16-12-17)9-3-2-4-10-15/h5-8H,2-4,9-11H2,1H3. The van der Waals surface area contributed by atoms with Crippen LogP contribution in [0.25, 0.3) is 0 Å². The van der Waals surface area contributed by atoms with E-state index in [2.05, 4.69) is 17.1 Å². The maximum Gasteiger partial charge on any atom is 0.234 e. The molecule has 0 N–H and O–H groups in total. The lowest BCUT2D eigenvalue weighted by Crippen LogP contribution is -2.32. The van der Waals surface area contributed by atoms with Crippen molar-refractivity contribution in [3.05, 3.63) is 29.8 Å². The molecular weight excluding hydrogens is 226 g/mol. The summed E-state index contributed by atoms with van der Waals surface area (Å²) in [5, 5.41) is 0. The topological polar surface area (TPSA) is 38.7 Å². The molecule has 1 aromatic carbocycles. The molecule has 0 aliphatic heterocycles. The van der Waals surface area contributed by atoms with Crippen molar-refractivity contribution < 1.29 is 9.53 Å². The van der Waals surface area contributed by atoms with Gasteiger partial charge in [-0.25, -0.2) is 9.79 Å². The number of nitrogens with zero attached hydrogens (tertiary/aromatic N) is 1. The highest BCUT2D eigenvalue weighted by atomic mass is 16.5. The van der Waals surface area contributed by atoms with Gasteiger partial charge in [0.05, 0.1) is 13.7 Å². The third-order valence-corrected chi connectivity index (χ3v) is 3.96. The van der Waals surface area contributed by atoms with Crippen LogP contribution in [0.1, 0.15) is 37.7 Å². The summed E-state index contributed by atoms with van der Waals surface area (Å²) in [4.78, 5) is 14.3. The van der Waals surface area contributed by atoms with E-state index in [9.17, 15) is 4.79 Å². The number of aliphatic imine (C=N–C) groups is 1. The van der Waals surface area contributed by atoms with Crippen LogP contribution >= 0.6 is 0 Å². The van der Waals surface area contributed by atoms with Gasteiger partial charge in [0.2, 0.25) is 6.08 Å². The Morgan fingerprint density at radius 2 is 1.89 bits per heavy atom. The first-order valence-corrected chi connectivity index (χ1v) is 6.49. The van der Waals surface area contributed by atoms with E-state index in [1.165, 1.54) is 24.8 Å². The summed E-state index contributed by atoms with van der Waals surface area (Å²) in [5.74, 6) is 0.864. The maximum atomic E-state index is 10.4. The molecule has 1 fully saturated rings. The molecule has 0 spiro atoms. The summed E-state index contributed by atoms with van der Waals surface area (Å²) in [5.41, 5.74) is 1.30. The highest BCUT2D eigenvalue weighted by molar-refractivity contribution is 5.36. The molecule has 0 bridgehead atoms. The molecule has 0 unspecified atom stereocenters. The van der Waals surface area contributed by atoms with E-state index >= 15 is 0 Å². The van der Waals surface area contributed by atoms with Crippen molar-refractivity contribution in [3.8, 4) is 5.75 Å². The van der Waals surface area contributed by atoms with E-state index in [-0.39, 0.29) is 5.41 Å². The van der Waals surface area contributed by atoms with Gasteiger partial charge in [-0.2, -0.15) is 0 Å². The van der Waals surface area contributed by atoms with E-state index in [0.29, 0.717) is 6.54 Å². The molecule has 0 atom stereocenters. The normalized spacial score (nSPS) is 17.8. The second-order valence-electron chi connectivity index (χ2n) is 4.98. The average molecular weight is 245 g/mol. The second-order valence-corrected chi connectivity index (χ2v) is 4.98. The van der Waals surface area contributed by atoms with Crippen LogP contribution in [0.2, 0.25) is 0 Å². The first-order valence-electron chi connectivity index (χ1n) is 6.49. The first kappa shape index (κ1) is 12.8. The number of ether oxygens (including phenoxy) is 1. The van der Waals surface area contributed by atoms with E-state index in [4.69, 9.17) is 4.74 Å². The predicted octanol–water partition coefficient (Wildman–Crippen LogP) is 3.23. The van der Waals surface area contributed by atoms with Crippen LogP contribution < -0.4 is 4.74 Å². The monoisotopic (exact) mass is 245 g/mol. The lowest BCUT2D eigenvalue weighted by atomic mass is 9.69. The zero-order valence-corrected chi connectivity index (χ0v) is 10.8. The maximum absolute atomic E-state index is 10.4. The Kier molecular flexibility index (Phi) is 4.16. The third kappa shape index (κ3) is 2.62. The van der Waals surface area contributed by atoms with E-state index in [1.54, 1.807) is 13.2 Å². The Morgan fingerprint density at radius 1 is 1.22 bits per heavy atom. The minimum Gasteiger partial charge on any atom is -0.497 e. The van der Waals surface area contributed by atoms with Crippen LogP contribution in [-0.4, -0.2) is 19.7 Å². The zero-order chi connectivity index (χ0) is 12.8. The zero-order valence-electron chi connectivity index (χ0n) is 10.8. The van der Waals surface area contributed by atoms with Gasteiger partial charge >= 0.3 is 0 Å². The van der Waals surface area contributed by atoms with Gasteiger partial charge in [0.15, 0.2) is 0 Å². The Bertz CT molecular complexity index is 426. The number of carbonyl (C=O) groups excluding carboxylic acids is 1. The molecular formula is C15H19NO2. The highest BCUT2D eigenvalue weighted by Crippen LogP contribution is 2.40. The summed E-state index contributed by atoms with van der Waals surface area (Å²) in [7, 11) is 1.67. The molecule has 0 saturated heterocycles. The van der Waals surface area contributed by atoms with Crippen LogP contribution in [0.3, 0.4) is 0 Å². The molecule has 1 aliphatic rings. The Morgan fingerprint density at radius 3 is 2.44 bits per heavy atom. The fourth-order valence-electron chi connectivity index (χ4n) is 2.89. The summed E-state index contributed by atoms with van der Waals surface area (Å²) in [6.07, 6.45) is 7.58. The molecule has 0 radical (unpaired) electrons. The van der Waals surface area contributed by atoms with Gasteiger partial charge in [-0.3, -0.25) is 0 Å². The molecule has 1 aromatic rings. The molecule has 1 aliphatic carbocycles. The fourth-order valence-corrected chi connectivity index (χ4v) is 2.89. The lowest BCUT2D eigenvalue weighted by molar-refractivity contribution is 0.301. The molecule has 0 aromatic heterocycles. The van der Waals surface area contributed by atoms with E-state index in [1.807, 2.05) is 12.1 Å². The molecule has 96 valence electrons. The minimum atomic E-state index is 0.0297. The third-order valence-electron chi connectivity index (χ3n) is 3.96. The van der Waals surface area contributed by atoms with Crippen molar-refractivity contribution in [2.75, 3.05) is 13.7 Å². The van der Waals surface area contributed by atoms with Crippen molar-refractivity contribution >= 4 is 6.08 Å². The predicted molar refractivity (Wildman–Crippen MR) is 70.7 cm³/mol. The van der Waals surface area contributed by atoms with Crippen LogP contribution in [0, 0.1) is 0 Å². The van der Waals surface area contributed by atoms with Gasteiger partial charge in [0, 0.05) is 5.41 Å². The van der Waals surface area contributed by atoms with Crippen molar-refractivity contribution in [1.29, 1.82) is 0 Å². The van der Waals surface area contributed by atoms with Gasteiger partial charge in [0.25, 0.3) is 0 Å². The smallest absolute Gasteiger partial charge is 0.234 e. The number of methoxy groups -OCH3 is 1. The van der Waals surface area contributed by atoms with Crippen molar-refractivity contribution in [1.82, 2.24) is 0 Å². The van der Waals surface area contributed by atoms with Crippen molar-refractivity contribution in [3.63, 3.8) is 0 Å². The lowest BCUT2D eigenvalue weighted by Gasteiger charge is -2.36. The number of hydrogen-bond donors (Lipinski definition) is 0. The van der Waals surface area contributed by atoms with Gasteiger partial charge in [-0.15, -0.1) is 0 Å². The Balaban J connectivity index is 2.28. The molecule has 0 amide bonds. The minimum absolute atomic E-state index is 0.0297. The van der Waals surface area contributed by atoms with Crippen LogP contribution in [-0.2, 0) is 10.2 Å². The fraction of sp³-hybridized carbons (Fsp3) is 0.533. The van der Waals surface area contributed by atoms with Crippen LogP contribution in [0.5, 0.6) is 5.75 Å². The van der Waals surface area contributed by atoms with Gasteiger partial charge in [-0.1, -0.05) is 31.4 Å². The summed E-state index contributed by atoms with van der Waals surface area (Å²) in [6.45, 7) is 0.558. The quantitative estimate of drug-likeness (QED) is 0.603. The SMILES string of the molecule is COc1ccc(C2(CN=C=O)CCCCC2)cc1. The van der Waals surface area contributed by atoms with E-state index in [0.717, 1.165) is 18.6 Å². The van der Waals surface area contributed by atoms with Gasteiger partial charge in [-0.05, 0) is 30.5 Å². The second kappa shape index (κ2) is 5.83. The number of benzene rings is 1. The molecule has 3 nitrogen and oxygen atoms in total. The van der Waals surface area contributed by atoms with Gasteiger partial charge in [0.1, 0.15) is 5.75 Å². The molecule has 18 heavy (non-hydrogen) atoms. The number of hydrogen-bond acceptors (Lipinski definition) is 3. The number of rotatable bonds is 4. The van der Waals surface area contributed by atoms with Crippen LogP contribution in [0.4, 0.5) is 0 Å². The van der Waals surface area contributed by atoms with Crippen molar-refractivity contribution in [2.45, 2.75) is 37.5 Å². The summed E-state index contributed by atoms with van der Waals surface area (Å²) >= 11 is 0.